The highest BCUT2D eigenvalue weighted by Crippen LogP contribution is 2.24. The highest BCUT2D eigenvalue weighted by molar-refractivity contribution is 5.24. The smallest absolute Gasteiger partial charge is 0.0666 e. The van der Waals surface area contributed by atoms with Crippen LogP contribution in [0.15, 0.2) is 30.3 Å². The van der Waals surface area contributed by atoms with Crippen molar-refractivity contribution < 1.29 is 5.11 Å². The van der Waals surface area contributed by atoms with E-state index < -0.39 is 0 Å². The van der Waals surface area contributed by atoms with Crippen LogP contribution in [0.5, 0.6) is 0 Å². The van der Waals surface area contributed by atoms with Gasteiger partial charge < -0.3 is 10.4 Å². The lowest BCUT2D eigenvalue weighted by atomic mass is 9.87. The summed E-state index contributed by atoms with van der Waals surface area (Å²) in [4.78, 5) is 0. The third kappa shape index (κ3) is 3.06. The van der Waals surface area contributed by atoms with Crippen molar-refractivity contribution in [2.45, 2.75) is 32.7 Å². The fourth-order valence-corrected chi connectivity index (χ4v) is 1.85. The second-order valence-electron chi connectivity index (χ2n) is 4.73. The number of rotatable bonds is 6. The molecule has 0 aliphatic heterocycles. The second kappa shape index (κ2) is 6.02. The number of aliphatic hydroxyl groups is 1. The first-order valence-electron chi connectivity index (χ1n) is 6.06. The van der Waals surface area contributed by atoms with Crippen LogP contribution in [0.25, 0.3) is 0 Å². The first-order chi connectivity index (χ1) is 7.64. The normalized spacial score (nSPS) is 15.1. The number of hydrogen-bond acceptors (Lipinski definition) is 2. The van der Waals surface area contributed by atoms with Gasteiger partial charge in [-0.3, -0.25) is 0 Å². The van der Waals surface area contributed by atoms with Crippen LogP contribution in [-0.4, -0.2) is 18.3 Å². The van der Waals surface area contributed by atoms with Gasteiger partial charge in [0.1, 0.15) is 0 Å². The molecule has 1 atom stereocenters. The molecule has 0 fully saturated rings. The zero-order valence-electron chi connectivity index (χ0n) is 10.5. The molecule has 0 radical (unpaired) electrons. The molecule has 2 N–H and O–H groups in total. The van der Waals surface area contributed by atoms with E-state index in [9.17, 15) is 5.11 Å². The molecular formula is C14H23NO. The molecule has 0 heterocycles. The van der Waals surface area contributed by atoms with Gasteiger partial charge in [0.25, 0.3) is 0 Å². The monoisotopic (exact) mass is 221 g/mol. The molecule has 1 aromatic carbocycles. The Hall–Kier alpha value is -0.860. The molecule has 0 aliphatic rings. The maximum absolute atomic E-state index is 9.68. The van der Waals surface area contributed by atoms with Crippen LogP contribution in [0.2, 0.25) is 0 Å². The molecule has 0 bridgehead atoms. The largest absolute Gasteiger partial charge is 0.394 e. The number of aliphatic hydroxyl groups excluding tert-OH is 1. The average Bonchev–Trinajstić information content (AvgIpc) is 2.32. The van der Waals surface area contributed by atoms with Crippen molar-refractivity contribution >= 4 is 0 Å². The lowest BCUT2D eigenvalue weighted by Crippen LogP contribution is -2.46. The maximum atomic E-state index is 9.68. The molecular weight excluding hydrogens is 198 g/mol. The summed E-state index contributed by atoms with van der Waals surface area (Å²) < 4.78 is 0. The maximum Gasteiger partial charge on any atom is 0.0666 e. The van der Waals surface area contributed by atoms with E-state index in [1.54, 1.807) is 0 Å². The zero-order valence-corrected chi connectivity index (χ0v) is 10.5. The third-order valence-electron chi connectivity index (χ3n) is 3.05. The fourth-order valence-electron chi connectivity index (χ4n) is 1.85. The van der Waals surface area contributed by atoms with Crippen LogP contribution in [0, 0.1) is 5.92 Å². The minimum Gasteiger partial charge on any atom is -0.394 e. The Morgan fingerprint density at radius 1 is 1.25 bits per heavy atom. The van der Waals surface area contributed by atoms with E-state index in [2.05, 4.69) is 38.2 Å². The summed E-state index contributed by atoms with van der Waals surface area (Å²) in [5, 5.41) is 13.2. The minimum atomic E-state index is -0.286. The fraction of sp³-hybridized carbons (Fsp3) is 0.571. The standard InChI is InChI=1S/C14H23NO/c1-4-14(11-16,15-10-12(2)3)13-8-6-5-7-9-13/h5-9,12,15-16H,4,10-11H2,1-3H3. The van der Waals surface area contributed by atoms with Crippen LogP contribution in [-0.2, 0) is 5.54 Å². The van der Waals surface area contributed by atoms with E-state index in [1.807, 2.05) is 18.2 Å². The summed E-state index contributed by atoms with van der Waals surface area (Å²) in [5.74, 6) is 0.584. The lowest BCUT2D eigenvalue weighted by Gasteiger charge is -2.33. The molecule has 0 saturated heterocycles. The Bertz CT molecular complexity index is 291. The lowest BCUT2D eigenvalue weighted by molar-refractivity contribution is 0.151. The van der Waals surface area contributed by atoms with Crippen LogP contribution >= 0.6 is 0 Å². The summed E-state index contributed by atoms with van der Waals surface area (Å²) in [6.45, 7) is 7.52. The number of nitrogens with one attached hydrogen (secondary N) is 1. The Morgan fingerprint density at radius 2 is 1.88 bits per heavy atom. The van der Waals surface area contributed by atoms with Crippen molar-refractivity contribution in [1.29, 1.82) is 0 Å². The Kier molecular flexibility index (Phi) is 4.97. The van der Waals surface area contributed by atoms with Crippen molar-refractivity contribution in [3.63, 3.8) is 0 Å². The molecule has 2 nitrogen and oxygen atoms in total. The molecule has 16 heavy (non-hydrogen) atoms. The average molecular weight is 221 g/mol. The van der Waals surface area contributed by atoms with Gasteiger partial charge in [0, 0.05) is 0 Å². The van der Waals surface area contributed by atoms with Gasteiger partial charge in [-0.25, -0.2) is 0 Å². The highest BCUT2D eigenvalue weighted by Gasteiger charge is 2.28. The Morgan fingerprint density at radius 3 is 2.31 bits per heavy atom. The van der Waals surface area contributed by atoms with E-state index >= 15 is 0 Å². The SMILES string of the molecule is CCC(CO)(NCC(C)C)c1ccccc1. The van der Waals surface area contributed by atoms with Crippen molar-refractivity contribution in [1.82, 2.24) is 5.32 Å². The van der Waals surface area contributed by atoms with Crippen molar-refractivity contribution in [3.05, 3.63) is 35.9 Å². The summed E-state index contributed by atoms with van der Waals surface area (Å²) in [6.07, 6.45) is 0.889. The predicted molar refractivity (Wildman–Crippen MR) is 68.3 cm³/mol. The van der Waals surface area contributed by atoms with E-state index in [4.69, 9.17) is 0 Å². The molecule has 0 aromatic heterocycles. The summed E-state index contributed by atoms with van der Waals surface area (Å²) >= 11 is 0. The summed E-state index contributed by atoms with van der Waals surface area (Å²) in [6, 6.07) is 10.2. The van der Waals surface area contributed by atoms with Gasteiger partial charge in [-0.05, 0) is 24.4 Å². The predicted octanol–water partition coefficient (Wildman–Crippen LogP) is 2.53. The molecule has 0 saturated carbocycles. The van der Waals surface area contributed by atoms with Gasteiger partial charge in [0.05, 0.1) is 12.1 Å². The molecule has 2 heteroatoms. The minimum absolute atomic E-state index is 0.139. The van der Waals surface area contributed by atoms with Gasteiger partial charge in [-0.2, -0.15) is 0 Å². The number of benzene rings is 1. The van der Waals surface area contributed by atoms with E-state index in [1.165, 1.54) is 5.56 Å². The Balaban J connectivity index is 2.87. The molecule has 0 amide bonds. The van der Waals surface area contributed by atoms with Crippen LogP contribution in [0.3, 0.4) is 0 Å². The van der Waals surface area contributed by atoms with Crippen molar-refractivity contribution in [3.8, 4) is 0 Å². The van der Waals surface area contributed by atoms with Gasteiger partial charge >= 0.3 is 0 Å². The zero-order chi connectivity index (χ0) is 12.0. The third-order valence-corrected chi connectivity index (χ3v) is 3.05. The quantitative estimate of drug-likeness (QED) is 0.773. The molecule has 1 rings (SSSR count). The van der Waals surface area contributed by atoms with Gasteiger partial charge in [0.2, 0.25) is 0 Å². The van der Waals surface area contributed by atoms with Crippen molar-refractivity contribution in [2.24, 2.45) is 5.92 Å². The van der Waals surface area contributed by atoms with Crippen LogP contribution < -0.4 is 5.32 Å². The first-order valence-corrected chi connectivity index (χ1v) is 6.06. The molecule has 0 spiro atoms. The van der Waals surface area contributed by atoms with Gasteiger partial charge in [-0.15, -0.1) is 0 Å². The van der Waals surface area contributed by atoms with Crippen molar-refractivity contribution in [2.75, 3.05) is 13.2 Å². The molecule has 1 aromatic rings. The van der Waals surface area contributed by atoms with Crippen LogP contribution in [0.4, 0.5) is 0 Å². The van der Waals surface area contributed by atoms with E-state index in [-0.39, 0.29) is 12.1 Å². The Labute approximate surface area is 98.7 Å². The first kappa shape index (κ1) is 13.2. The summed E-state index contributed by atoms with van der Waals surface area (Å²) in [7, 11) is 0. The molecule has 0 aliphatic carbocycles. The second-order valence-corrected chi connectivity index (χ2v) is 4.73. The topological polar surface area (TPSA) is 32.3 Å². The van der Waals surface area contributed by atoms with Gasteiger partial charge in [0.15, 0.2) is 0 Å². The van der Waals surface area contributed by atoms with Gasteiger partial charge in [-0.1, -0.05) is 51.1 Å². The number of hydrogen-bond donors (Lipinski definition) is 2. The highest BCUT2D eigenvalue weighted by atomic mass is 16.3. The summed E-state index contributed by atoms with van der Waals surface area (Å²) in [5.41, 5.74) is 0.881. The van der Waals surface area contributed by atoms with E-state index in [0.29, 0.717) is 5.92 Å². The molecule has 90 valence electrons. The molecule has 1 unspecified atom stereocenters. The van der Waals surface area contributed by atoms with Crippen LogP contribution in [0.1, 0.15) is 32.8 Å². The van der Waals surface area contributed by atoms with E-state index in [0.717, 1.165) is 13.0 Å².